The van der Waals surface area contributed by atoms with E-state index in [1.807, 2.05) is 0 Å². The Morgan fingerprint density at radius 3 is 2.29 bits per heavy atom. The van der Waals surface area contributed by atoms with Gasteiger partial charge >= 0.3 is 0 Å². The molecule has 2 N–H and O–H groups in total. The summed E-state index contributed by atoms with van der Waals surface area (Å²) in [6.07, 6.45) is 0.402. The molecule has 80 valence electrons. The second-order valence-electron chi connectivity index (χ2n) is 3.90. The number of rotatable bonds is 2. The van der Waals surface area contributed by atoms with E-state index in [4.69, 9.17) is 5.73 Å². The molecule has 0 bridgehead atoms. The first-order valence-electron chi connectivity index (χ1n) is 4.11. The predicted octanol–water partition coefficient (Wildman–Crippen LogP) is 2.67. The maximum absolute atomic E-state index is 13.1. The number of hydrogen-bond donors (Lipinski definition) is 1. The Hall–Kier alpha value is -0.670. The lowest BCUT2D eigenvalue weighted by atomic mass is 9.96. The fourth-order valence-electron chi connectivity index (χ4n) is 1.16. The third-order valence-electron chi connectivity index (χ3n) is 1.66. The summed E-state index contributed by atoms with van der Waals surface area (Å²) in [6.45, 7) is 3.60. The van der Waals surface area contributed by atoms with Gasteiger partial charge in [0.1, 0.15) is 11.6 Å². The minimum atomic E-state index is -0.559. The predicted molar refractivity (Wildman–Crippen MR) is 55.6 cm³/mol. The molecule has 0 saturated carbocycles. The molecule has 0 radical (unpaired) electrons. The second-order valence-corrected chi connectivity index (χ2v) is 3.90. The molecule has 0 aliphatic heterocycles. The highest BCUT2D eigenvalue weighted by Crippen LogP contribution is 2.14. The van der Waals surface area contributed by atoms with Crippen LogP contribution in [0.3, 0.4) is 0 Å². The van der Waals surface area contributed by atoms with Crippen LogP contribution < -0.4 is 5.73 Å². The van der Waals surface area contributed by atoms with Gasteiger partial charge < -0.3 is 5.73 Å². The Kier molecular flexibility index (Phi) is 4.49. The van der Waals surface area contributed by atoms with Crippen LogP contribution in [0.4, 0.5) is 8.78 Å². The van der Waals surface area contributed by atoms with Crippen LogP contribution in [0.1, 0.15) is 19.4 Å². The van der Waals surface area contributed by atoms with Crippen LogP contribution in [-0.4, -0.2) is 5.54 Å². The molecule has 4 heteroatoms. The summed E-state index contributed by atoms with van der Waals surface area (Å²) in [7, 11) is 0. The van der Waals surface area contributed by atoms with Crippen molar-refractivity contribution in [3.8, 4) is 0 Å². The number of nitrogens with two attached hydrogens (primary N) is 1. The van der Waals surface area contributed by atoms with E-state index >= 15 is 0 Å². The van der Waals surface area contributed by atoms with E-state index in [9.17, 15) is 8.78 Å². The fraction of sp³-hybridized carbons (Fsp3) is 0.400. The summed E-state index contributed by atoms with van der Waals surface area (Å²) in [5.41, 5.74) is 5.69. The normalized spacial score (nSPS) is 10.9. The monoisotopic (exact) mass is 221 g/mol. The van der Waals surface area contributed by atoms with Gasteiger partial charge in [0.2, 0.25) is 0 Å². The van der Waals surface area contributed by atoms with Crippen molar-refractivity contribution in [2.75, 3.05) is 0 Å². The topological polar surface area (TPSA) is 26.0 Å². The number of hydrogen-bond acceptors (Lipinski definition) is 1. The number of halogens is 3. The highest BCUT2D eigenvalue weighted by molar-refractivity contribution is 5.85. The van der Waals surface area contributed by atoms with Crippen LogP contribution >= 0.6 is 12.4 Å². The van der Waals surface area contributed by atoms with Crippen LogP contribution in [0.5, 0.6) is 0 Å². The molecular weight excluding hydrogens is 208 g/mol. The molecule has 0 aliphatic carbocycles. The van der Waals surface area contributed by atoms with Gasteiger partial charge in [0.15, 0.2) is 0 Å². The average molecular weight is 222 g/mol. The Bertz CT molecular complexity index is 307. The molecule has 0 aromatic heterocycles. The van der Waals surface area contributed by atoms with Crippen LogP contribution in [-0.2, 0) is 6.42 Å². The zero-order chi connectivity index (χ0) is 10.1. The van der Waals surface area contributed by atoms with E-state index in [-0.39, 0.29) is 12.4 Å². The summed E-state index contributed by atoms with van der Waals surface area (Å²) in [5, 5.41) is 0. The third kappa shape index (κ3) is 4.03. The highest BCUT2D eigenvalue weighted by Gasteiger charge is 2.14. The average Bonchev–Trinajstić information content (AvgIpc) is 1.93. The van der Waals surface area contributed by atoms with Gasteiger partial charge in [-0.3, -0.25) is 0 Å². The van der Waals surface area contributed by atoms with Gasteiger partial charge in [0.05, 0.1) is 0 Å². The zero-order valence-corrected chi connectivity index (χ0v) is 9.00. The molecule has 0 amide bonds. The molecule has 0 spiro atoms. The first-order chi connectivity index (χ1) is 5.88. The largest absolute Gasteiger partial charge is 0.325 e. The van der Waals surface area contributed by atoms with E-state index < -0.39 is 17.2 Å². The quantitative estimate of drug-likeness (QED) is 0.817. The molecule has 0 fully saturated rings. The smallest absolute Gasteiger partial charge is 0.129 e. The van der Waals surface area contributed by atoms with Crippen LogP contribution in [0.25, 0.3) is 0 Å². The highest BCUT2D eigenvalue weighted by atomic mass is 35.5. The van der Waals surface area contributed by atoms with Crippen molar-refractivity contribution in [2.24, 2.45) is 5.73 Å². The van der Waals surface area contributed by atoms with E-state index in [2.05, 4.69) is 0 Å². The Morgan fingerprint density at radius 2 is 1.86 bits per heavy atom. The lowest BCUT2D eigenvalue weighted by Gasteiger charge is -2.18. The van der Waals surface area contributed by atoms with Crippen molar-refractivity contribution in [3.05, 3.63) is 35.4 Å². The van der Waals surface area contributed by atoms with Crippen molar-refractivity contribution < 1.29 is 8.78 Å². The third-order valence-corrected chi connectivity index (χ3v) is 1.66. The maximum atomic E-state index is 13.1. The summed E-state index contributed by atoms with van der Waals surface area (Å²) < 4.78 is 25.6. The fourth-order valence-corrected chi connectivity index (χ4v) is 1.16. The summed E-state index contributed by atoms with van der Waals surface area (Å²) in [6, 6.07) is 3.55. The van der Waals surface area contributed by atoms with Crippen LogP contribution in [0.15, 0.2) is 18.2 Å². The number of benzene rings is 1. The first-order valence-corrected chi connectivity index (χ1v) is 4.11. The molecular formula is C10H14ClF2N. The van der Waals surface area contributed by atoms with Crippen molar-refractivity contribution in [3.63, 3.8) is 0 Å². The zero-order valence-electron chi connectivity index (χ0n) is 8.18. The van der Waals surface area contributed by atoms with Crippen LogP contribution in [0.2, 0.25) is 0 Å². The van der Waals surface area contributed by atoms with Crippen molar-refractivity contribution in [1.82, 2.24) is 0 Å². The molecule has 0 aliphatic rings. The summed E-state index contributed by atoms with van der Waals surface area (Å²) >= 11 is 0. The SMILES string of the molecule is CC(C)(N)Cc1ccc(F)cc1F.Cl. The Labute approximate surface area is 88.7 Å². The molecule has 14 heavy (non-hydrogen) atoms. The minimum Gasteiger partial charge on any atom is -0.325 e. The van der Waals surface area contributed by atoms with Gasteiger partial charge in [0, 0.05) is 11.6 Å². The van der Waals surface area contributed by atoms with E-state index in [0.29, 0.717) is 12.0 Å². The maximum Gasteiger partial charge on any atom is 0.129 e. The Balaban J connectivity index is 0.00000169. The van der Waals surface area contributed by atoms with Gasteiger partial charge in [-0.15, -0.1) is 12.4 Å². The molecule has 1 rings (SSSR count). The molecule has 0 unspecified atom stereocenters. The van der Waals surface area contributed by atoms with Gasteiger partial charge in [0.25, 0.3) is 0 Å². The van der Waals surface area contributed by atoms with Gasteiger partial charge in [-0.05, 0) is 31.9 Å². The molecule has 0 atom stereocenters. The molecule has 1 nitrogen and oxygen atoms in total. The lowest BCUT2D eigenvalue weighted by Crippen LogP contribution is -2.34. The standard InChI is InChI=1S/C10H13F2N.ClH/c1-10(2,13)6-7-3-4-8(11)5-9(7)12;/h3-5H,6,13H2,1-2H3;1H. The summed E-state index contributed by atoms with van der Waals surface area (Å²) in [5.74, 6) is -1.09. The van der Waals surface area contributed by atoms with Crippen LogP contribution in [0, 0.1) is 11.6 Å². The minimum absolute atomic E-state index is 0. The summed E-state index contributed by atoms with van der Waals surface area (Å²) in [4.78, 5) is 0. The molecule has 1 aromatic carbocycles. The second kappa shape index (κ2) is 4.71. The van der Waals surface area contributed by atoms with E-state index in [0.717, 1.165) is 6.07 Å². The van der Waals surface area contributed by atoms with Crippen molar-refractivity contribution >= 4 is 12.4 Å². The van der Waals surface area contributed by atoms with Gasteiger partial charge in [-0.2, -0.15) is 0 Å². The molecule has 0 heterocycles. The molecule has 1 aromatic rings. The molecule has 0 saturated heterocycles. The van der Waals surface area contributed by atoms with E-state index in [1.54, 1.807) is 13.8 Å². The lowest BCUT2D eigenvalue weighted by molar-refractivity contribution is 0.493. The van der Waals surface area contributed by atoms with Gasteiger partial charge in [-0.25, -0.2) is 8.78 Å². The van der Waals surface area contributed by atoms with E-state index in [1.165, 1.54) is 12.1 Å². The van der Waals surface area contributed by atoms with Gasteiger partial charge in [-0.1, -0.05) is 6.07 Å². The van der Waals surface area contributed by atoms with Crippen molar-refractivity contribution in [1.29, 1.82) is 0 Å². The Morgan fingerprint density at radius 1 is 1.29 bits per heavy atom. The van der Waals surface area contributed by atoms with Crippen molar-refractivity contribution in [2.45, 2.75) is 25.8 Å². The first kappa shape index (κ1) is 13.3.